The van der Waals surface area contributed by atoms with Gasteiger partial charge in [0.05, 0.1) is 0 Å². The fourth-order valence-electron chi connectivity index (χ4n) is 0.756. The number of aromatic nitrogens is 1. The number of carbonyl (C=O) groups is 2. The van der Waals surface area contributed by atoms with Crippen LogP contribution in [-0.4, -0.2) is 30.1 Å². The molecule has 0 aliphatic heterocycles. The highest BCUT2D eigenvalue weighted by Gasteiger charge is 2.06. The summed E-state index contributed by atoms with van der Waals surface area (Å²) in [4.78, 5) is 24.6. The number of nitrogens with zero attached hydrogens (tertiary/aromatic N) is 1. The number of nitrogens with one attached hydrogen (secondary N) is 2. The van der Waals surface area contributed by atoms with Crippen LogP contribution in [-0.2, 0) is 0 Å². The van der Waals surface area contributed by atoms with Gasteiger partial charge in [0, 0.05) is 13.1 Å². The van der Waals surface area contributed by atoms with E-state index in [0.717, 1.165) is 6.39 Å². The van der Waals surface area contributed by atoms with Crippen molar-refractivity contribution in [2.75, 3.05) is 13.1 Å². The van der Waals surface area contributed by atoms with Gasteiger partial charge >= 0.3 is 0 Å². The fourth-order valence-corrected chi connectivity index (χ4v) is 0.756. The van der Waals surface area contributed by atoms with Crippen molar-refractivity contribution in [3.63, 3.8) is 0 Å². The summed E-state index contributed by atoms with van der Waals surface area (Å²) >= 11 is 0. The summed E-state index contributed by atoms with van der Waals surface area (Å²) in [6.45, 7) is 0.256. The van der Waals surface area contributed by atoms with Crippen molar-refractivity contribution < 1.29 is 19.1 Å². The topological polar surface area (TPSA) is 107 Å². The van der Waals surface area contributed by atoms with Crippen LogP contribution in [0, 0.1) is 0 Å². The molecule has 2 N–H and O–H groups in total. The van der Waals surface area contributed by atoms with Gasteiger partial charge in [-0.2, -0.15) is 0 Å². The van der Waals surface area contributed by atoms with Crippen molar-refractivity contribution in [3.8, 4) is 0 Å². The maximum Gasteiger partial charge on any atom is 0.273 e. The van der Waals surface area contributed by atoms with E-state index in [-0.39, 0.29) is 18.8 Å². The number of hydrogen-bond donors (Lipinski definition) is 2. The molecule has 0 radical (unpaired) electrons. The Morgan fingerprint density at radius 3 is 2.71 bits per heavy atom. The van der Waals surface area contributed by atoms with E-state index in [4.69, 9.17) is 0 Å². The Balaban J connectivity index is 2.19. The molecule has 7 heteroatoms. The van der Waals surface area contributed by atoms with Crippen LogP contribution in [0.4, 0.5) is 4.79 Å². The van der Waals surface area contributed by atoms with E-state index >= 15 is 0 Å². The van der Waals surface area contributed by atoms with Gasteiger partial charge in [0.2, 0.25) is 0 Å². The molecule has 76 valence electrons. The lowest BCUT2D eigenvalue weighted by molar-refractivity contribution is -0.250. The first-order valence-corrected chi connectivity index (χ1v) is 3.81. The van der Waals surface area contributed by atoms with Gasteiger partial charge in [0.1, 0.15) is 12.4 Å². The predicted octanol–water partition coefficient (Wildman–Crippen LogP) is -1.66. The second-order valence-corrected chi connectivity index (χ2v) is 2.34. The summed E-state index contributed by atoms with van der Waals surface area (Å²) in [5.41, 5.74) is 0.151. The number of carboxylic acid groups (broad SMARTS) is 1. The average molecular weight is 198 g/mol. The molecule has 0 fully saturated rings. The monoisotopic (exact) mass is 198 g/mol. The van der Waals surface area contributed by atoms with Crippen LogP contribution in [0.25, 0.3) is 0 Å². The number of amides is 2. The highest BCUT2D eigenvalue weighted by Crippen LogP contribution is 1.92. The Bertz CT molecular complexity index is 309. The molecular formula is C7H8N3O4-. The molecule has 0 saturated carbocycles. The number of carbonyl (C=O) groups excluding carboxylic acids is 2. The Morgan fingerprint density at radius 1 is 1.43 bits per heavy atom. The van der Waals surface area contributed by atoms with Gasteiger partial charge in [-0.05, 0) is 0 Å². The third-order valence-corrected chi connectivity index (χ3v) is 1.34. The van der Waals surface area contributed by atoms with E-state index < -0.39 is 12.0 Å². The lowest BCUT2D eigenvalue weighted by Crippen LogP contribution is -2.41. The molecular weight excluding hydrogens is 190 g/mol. The van der Waals surface area contributed by atoms with Crippen LogP contribution in [0.2, 0.25) is 0 Å². The second kappa shape index (κ2) is 4.85. The lowest BCUT2D eigenvalue weighted by Gasteiger charge is -2.06. The normalized spacial score (nSPS) is 9.43. The Morgan fingerprint density at radius 2 is 2.14 bits per heavy atom. The van der Waals surface area contributed by atoms with Crippen molar-refractivity contribution >= 4 is 12.0 Å². The zero-order valence-electron chi connectivity index (χ0n) is 7.15. The maximum atomic E-state index is 11.1. The first-order chi connectivity index (χ1) is 6.70. The first kappa shape index (κ1) is 10.0. The van der Waals surface area contributed by atoms with E-state index in [0.29, 0.717) is 0 Å². The molecule has 0 aromatic carbocycles. The van der Waals surface area contributed by atoms with Crippen molar-refractivity contribution in [2.24, 2.45) is 0 Å². The molecule has 2 amide bonds. The molecule has 1 heterocycles. The molecule has 0 bridgehead atoms. The van der Waals surface area contributed by atoms with Gasteiger partial charge < -0.3 is 25.0 Å². The van der Waals surface area contributed by atoms with Gasteiger partial charge in [-0.15, -0.1) is 0 Å². The molecule has 0 spiro atoms. The lowest BCUT2D eigenvalue weighted by atomic mass is 10.4. The number of rotatable bonds is 4. The molecule has 7 nitrogen and oxygen atoms in total. The highest BCUT2D eigenvalue weighted by molar-refractivity contribution is 5.91. The zero-order chi connectivity index (χ0) is 10.4. The van der Waals surface area contributed by atoms with Crippen LogP contribution < -0.4 is 15.7 Å². The molecule has 14 heavy (non-hydrogen) atoms. The van der Waals surface area contributed by atoms with Crippen molar-refractivity contribution in [1.29, 1.82) is 0 Å². The van der Waals surface area contributed by atoms with Crippen molar-refractivity contribution in [3.05, 3.63) is 18.4 Å². The molecule has 0 atom stereocenters. The molecule has 0 saturated heterocycles. The first-order valence-electron chi connectivity index (χ1n) is 3.81. The predicted molar refractivity (Wildman–Crippen MR) is 42.2 cm³/mol. The van der Waals surface area contributed by atoms with E-state index in [1.54, 1.807) is 0 Å². The van der Waals surface area contributed by atoms with E-state index in [1.807, 2.05) is 5.32 Å². The molecule has 0 aliphatic carbocycles. The largest absolute Gasteiger partial charge is 0.530 e. The van der Waals surface area contributed by atoms with Gasteiger partial charge in [0.15, 0.2) is 12.1 Å². The van der Waals surface area contributed by atoms with Crippen LogP contribution in [0.15, 0.2) is 17.1 Å². The molecule has 0 aliphatic rings. The summed E-state index contributed by atoms with van der Waals surface area (Å²) in [5, 5.41) is 14.3. The highest BCUT2D eigenvalue weighted by atomic mass is 16.4. The Kier molecular flexibility index (Phi) is 3.48. The number of oxazole rings is 1. The average Bonchev–Trinajstić information content (AvgIpc) is 2.64. The summed E-state index contributed by atoms with van der Waals surface area (Å²) in [7, 11) is 0. The third kappa shape index (κ3) is 3.13. The second-order valence-electron chi connectivity index (χ2n) is 2.34. The van der Waals surface area contributed by atoms with Crippen molar-refractivity contribution in [2.45, 2.75) is 0 Å². The van der Waals surface area contributed by atoms with E-state index in [9.17, 15) is 14.7 Å². The van der Waals surface area contributed by atoms with E-state index in [1.165, 1.54) is 6.26 Å². The van der Waals surface area contributed by atoms with E-state index in [2.05, 4.69) is 14.7 Å². The number of hydrogen-bond acceptors (Lipinski definition) is 5. The summed E-state index contributed by atoms with van der Waals surface area (Å²) in [5.74, 6) is -0.418. The van der Waals surface area contributed by atoms with Crippen LogP contribution in [0.3, 0.4) is 0 Å². The minimum Gasteiger partial charge on any atom is -0.530 e. The van der Waals surface area contributed by atoms with Gasteiger partial charge in [-0.1, -0.05) is 0 Å². The summed E-state index contributed by atoms with van der Waals surface area (Å²) < 4.78 is 4.59. The Labute approximate surface area is 79.1 Å². The fraction of sp³-hybridized carbons (Fsp3) is 0.286. The summed E-state index contributed by atoms with van der Waals surface area (Å²) in [6, 6.07) is 0. The minimum absolute atomic E-state index is 0.0892. The van der Waals surface area contributed by atoms with Gasteiger partial charge in [-0.25, -0.2) is 4.98 Å². The van der Waals surface area contributed by atoms with Crippen LogP contribution in [0.5, 0.6) is 0 Å². The van der Waals surface area contributed by atoms with Crippen molar-refractivity contribution in [1.82, 2.24) is 15.6 Å². The smallest absolute Gasteiger partial charge is 0.273 e. The third-order valence-electron chi connectivity index (χ3n) is 1.34. The van der Waals surface area contributed by atoms with Gasteiger partial charge in [0.25, 0.3) is 5.91 Å². The minimum atomic E-state index is -1.37. The maximum absolute atomic E-state index is 11.1. The van der Waals surface area contributed by atoms with Crippen LogP contribution in [0.1, 0.15) is 10.5 Å². The van der Waals surface area contributed by atoms with Gasteiger partial charge in [-0.3, -0.25) is 4.79 Å². The Hall–Kier alpha value is -2.05. The molecule has 0 unspecified atom stereocenters. The standard InChI is InChI=1S/C7H9N3O4/c11-6(5-3-14-4-10-5)8-1-2-9-7(12)13/h3-4,9H,1-2H2,(H,8,11)(H,12,13)/p-1. The SMILES string of the molecule is O=C([O-])NCCNC(=O)c1cocn1. The molecule has 1 aromatic heterocycles. The molecule has 1 aromatic rings. The quantitative estimate of drug-likeness (QED) is 0.563. The molecule has 1 rings (SSSR count). The van der Waals surface area contributed by atoms with Crippen LogP contribution >= 0.6 is 0 Å². The summed E-state index contributed by atoms with van der Waals surface area (Å²) in [6.07, 6.45) is 0.955. The zero-order valence-corrected chi connectivity index (χ0v) is 7.15.